The van der Waals surface area contributed by atoms with Gasteiger partial charge in [0.25, 0.3) is 0 Å². The molecule has 0 aromatic heterocycles. The Labute approximate surface area is 217 Å². The summed E-state index contributed by atoms with van der Waals surface area (Å²) in [6.07, 6.45) is 4.10. The molecule has 0 radical (unpaired) electrons. The first-order valence-electron chi connectivity index (χ1n) is 13.5. The van der Waals surface area contributed by atoms with Crippen LogP contribution in [0.25, 0.3) is 4.85 Å². The number of aliphatic carboxylic acids is 1. The number of hydrogen-bond acceptors (Lipinski definition) is 8. The van der Waals surface area contributed by atoms with E-state index >= 15 is 0 Å². The highest BCUT2D eigenvalue weighted by molar-refractivity contribution is 5.81. The minimum Gasteiger partial charge on any atom is -0.481 e. The number of amides is 1. The van der Waals surface area contributed by atoms with Crippen LogP contribution in [-0.4, -0.2) is 79.1 Å². The first-order chi connectivity index (χ1) is 18.0. The Balaban J connectivity index is 1.10. The molecule has 1 aromatic rings. The fraction of sp³-hybridized carbons (Fsp3) is 0.654. The number of hydrogen-bond donors (Lipinski definition) is 6. The second-order valence-electron chi connectivity index (χ2n) is 11.2. The molecule has 5 aliphatic rings. The summed E-state index contributed by atoms with van der Waals surface area (Å²) in [5, 5.41) is 20.1. The number of rotatable bonds is 5. The summed E-state index contributed by atoms with van der Waals surface area (Å²) in [7, 11) is 0. The number of anilines is 2. The first-order valence-corrected chi connectivity index (χ1v) is 13.5. The minimum absolute atomic E-state index is 0.0203. The number of likely N-dealkylation sites (tertiary alicyclic amines) is 1. The van der Waals surface area contributed by atoms with Gasteiger partial charge in [0.05, 0.1) is 18.0 Å². The normalized spacial score (nSPS) is 33.8. The number of piperidine rings is 2. The fourth-order valence-electron chi connectivity index (χ4n) is 6.74. The molecule has 11 heteroatoms. The zero-order chi connectivity index (χ0) is 25.6. The van der Waals surface area contributed by atoms with Gasteiger partial charge in [-0.3, -0.25) is 30.5 Å². The van der Waals surface area contributed by atoms with Crippen LogP contribution in [0.4, 0.5) is 11.4 Å². The van der Waals surface area contributed by atoms with Crippen LogP contribution in [0.1, 0.15) is 32.1 Å². The molecule has 1 aliphatic carbocycles. The summed E-state index contributed by atoms with van der Waals surface area (Å²) in [6.45, 7) is 11.4. The first kappa shape index (κ1) is 24.4. The molecular weight excluding hydrogens is 472 g/mol. The van der Waals surface area contributed by atoms with Gasteiger partial charge in [-0.2, -0.15) is 0 Å². The number of benzene rings is 1. The predicted octanol–water partition coefficient (Wildman–Crippen LogP) is 0.595. The standard InChI is InChI=1S/C26H36N8O3/c1-27-16-6-10-34(11-7-16)25-30-20-15-28-32-23(35)21(20)22(31-25)29-17-2-4-18(5-3-17)33-12-8-26(9-13-33)14-19(26)24(36)37/h2-5,16,19-22,25,28-31H,6-15H2,(H,32,35)(H,36,37). The number of fused-ring (bicyclic) bond motifs is 1. The molecule has 37 heavy (non-hydrogen) atoms. The average molecular weight is 509 g/mol. The van der Waals surface area contributed by atoms with Gasteiger partial charge in [0, 0.05) is 63.0 Å². The lowest BCUT2D eigenvalue weighted by atomic mass is 9.90. The molecule has 6 rings (SSSR count). The Morgan fingerprint density at radius 2 is 1.84 bits per heavy atom. The minimum atomic E-state index is -0.643. The molecule has 4 saturated heterocycles. The van der Waals surface area contributed by atoms with E-state index in [0.717, 1.165) is 69.7 Å². The van der Waals surface area contributed by atoms with Crippen LogP contribution in [0.2, 0.25) is 0 Å². The van der Waals surface area contributed by atoms with E-state index in [1.165, 1.54) is 0 Å². The SMILES string of the molecule is [C-]#[N+]C1CCN(C2NC3CNNC(=O)C3C(Nc3ccc(N4CCC5(CC4)CC5C(=O)O)cc3)N2)CC1. The maximum atomic E-state index is 12.8. The summed E-state index contributed by atoms with van der Waals surface area (Å²) < 4.78 is 0. The number of nitrogens with zero attached hydrogens (tertiary/aromatic N) is 3. The highest BCUT2D eigenvalue weighted by Crippen LogP contribution is 2.59. The fourth-order valence-corrected chi connectivity index (χ4v) is 6.74. The summed E-state index contributed by atoms with van der Waals surface area (Å²) in [6, 6.07) is 8.42. The number of hydrazine groups is 1. The summed E-state index contributed by atoms with van der Waals surface area (Å²) >= 11 is 0. The molecule has 1 spiro atoms. The lowest BCUT2D eigenvalue weighted by Gasteiger charge is -2.49. The van der Waals surface area contributed by atoms with Crippen LogP contribution in [0.5, 0.6) is 0 Å². The van der Waals surface area contributed by atoms with Crippen LogP contribution in [-0.2, 0) is 9.59 Å². The van der Waals surface area contributed by atoms with Crippen LogP contribution in [0.15, 0.2) is 24.3 Å². The molecule has 0 bridgehead atoms. The van der Waals surface area contributed by atoms with E-state index in [1.807, 2.05) is 0 Å². The molecule has 11 nitrogen and oxygen atoms in total. The predicted molar refractivity (Wildman–Crippen MR) is 138 cm³/mol. The summed E-state index contributed by atoms with van der Waals surface area (Å²) in [5.41, 5.74) is 7.90. The Bertz CT molecular complexity index is 1060. The Morgan fingerprint density at radius 3 is 2.49 bits per heavy atom. The Morgan fingerprint density at radius 1 is 1.11 bits per heavy atom. The summed E-state index contributed by atoms with van der Waals surface area (Å²) in [5.74, 6) is -1.12. The number of carboxylic acid groups (broad SMARTS) is 1. The van der Waals surface area contributed by atoms with E-state index in [2.05, 4.69) is 65.7 Å². The van der Waals surface area contributed by atoms with Gasteiger partial charge in [-0.15, -0.1) is 0 Å². The monoisotopic (exact) mass is 508 g/mol. The van der Waals surface area contributed by atoms with Gasteiger partial charge in [-0.05, 0) is 48.9 Å². The van der Waals surface area contributed by atoms with Gasteiger partial charge < -0.3 is 20.2 Å². The third-order valence-electron chi connectivity index (χ3n) is 9.19. The van der Waals surface area contributed by atoms with Crippen LogP contribution in [0, 0.1) is 23.8 Å². The Kier molecular flexibility index (Phi) is 6.44. The molecule has 4 heterocycles. The number of nitrogens with one attached hydrogen (secondary N) is 5. The molecule has 4 aliphatic heterocycles. The van der Waals surface area contributed by atoms with Gasteiger partial charge in [-0.1, -0.05) is 0 Å². The third kappa shape index (κ3) is 4.75. The van der Waals surface area contributed by atoms with Crippen LogP contribution < -0.4 is 31.7 Å². The molecule has 5 fully saturated rings. The van der Waals surface area contributed by atoms with Gasteiger partial charge in [0.1, 0.15) is 6.29 Å². The van der Waals surface area contributed by atoms with Crippen molar-refractivity contribution in [2.45, 2.75) is 56.6 Å². The van der Waals surface area contributed by atoms with Crippen LogP contribution in [0.3, 0.4) is 0 Å². The molecule has 5 atom stereocenters. The maximum Gasteiger partial charge on any atom is 0.307 e. The van der Waals surface area contributed by atoms with E-state index in [4.69, 9.17) is 6.57 Å². The highest BCUT2D eigenvalue weighted by Gasteiger charge is 2.58. The van der Waals surface area contributed by atoms with Crippen molar-refractivity contribution in [3.8, 4) is 0 Å². The van der Waals surface area contributed by atoms with Crippen molar-refractivity contribution in [2.24, 2.45) is 17.3 Å². The van der Waals surface area contributed by atoms with Crippen molar-refractivity contribution >= 4 is 23.3 Å². The zero-order valence-corrected chi connectivity index (χ0v) is 20.9. The molecule has 6 N–H and O–H groups in total. The maximum absolute atomic E-state index is 12.8. The zero-order valence-electron chi connectivity index (χ0n) is 20.9. The largest absolute Gasteiger partial charge is 0.481 e. The summed E-state index contributed by atoms with van der Waals surface area (Å²) in [4.78, 5) is 32.5. The van der Waals surface area contributed by atoms with Crippen molar-refractivity contribution in [3.63, 3.8) is 0 Å². The van der Waals surface area contributed by atoms with Crippen LogP contribution >= 0.6 is 0 Å². The second-order valence-corrected chi connectivity index (χ2v) is 11.2. The Hall–Kier alpha value is -2.91. The second kappa shape index (κ2) is 9.76. The number of carboxylic acids is 1. The number of carbonyl (C=O) groups is 2. The average Bonchev–Trinajstić information content (AvgIpc) is 3.63. The lowest BCUT2D eigenvalue weighted by molar-refractivity contribution is -0.139. The van der Waals surface area contributed by atoms with E-state index in [-0.39, 0.29) is 47.7 Å². The molecule has 1 saturated carbocycles. The van der Waals surface area contributed by atoms with E-state index < -0.39 is 5.97 Å². The van der Waals surface area contributed by atoms with E-state index in [1.54, 1.807) is 0 Å². The van der Waals surface area contributed by atoms with Gasteiger partial charge in [-0.25, -0.2) is 12.0 Å². The number of carbonyl (C=O) groups excluding carboxylic acids is 1. The lowest BCUT2D eigenvalue weighted by Crippen LogP contribution is -2.77. The van der Waals surface area contributed by atoms with Gasteiger partial charge in [0.15, 0.2) is 0 Å². The van der Waals surface area contributed by atoms with E-state index in [9.17, 15) is 14.7 Å². The van der Waals surface area contributed by atoms with Crippen molar-refractivity contribution in [1.82, 2.24) is 26.4 Å². The molecule has 198 valence electrons. The van der Waals surface area contributed by atoms with Crippen molar-refractivity contribution in [2.75, 3.05) is 42.9 Å². The molecular formula is C26H36N8O3. The van der Waals surface area contributed by atoms with E-state index in [0.29, 0.717) is 6.54 Å². The van der Waals surface area contributed by atoms with Gasteiger partial charge >= 0.3 is 5.97 Å². The topological polar surface area (TPSA) is 125 Å². The molecule has 1 amide bonds. The van der Waals surface area contributed by atoms with Crippen molar-refractivity contribution < 1.29 is 14.7 Å². The van der Waals surface area contributed by atoms with Gasteiger partial charge in [0.2, 0.25) is 11.9 Å². The highest BCUT2D eigenvalue weighted by atomic mass is 16.4. The molecule has 1 aromatic carbocycles. The smallest absolute Gasteiger partial charge is 0.307 e. The van der Waals surface area contributed by atoms with Crippen molar-refractivity contribution in [1.29, 1.82) is 0 Å². The quantitative estimate of drug-likeness (QED) is 0.317. The van der Waals surface area contributed by atoms with Crippen molar-refractivity contribution in [3.05, 3.63) is 35.7 Å². The molecule has 5 unspecified atom stereocenters. The third-order valence-corrected chi connectivity index (χ3v) is 9.19.